The Balaban J connectivity index is 1.30. The van der Waals surface area contributed by atoms with Gasteiger partial charge in [0.25, 0.3) is 0 Å². The van der Waals surface area contributed by atoms with Gasteiger partial charge in [0.15, 0.2) is 0 Å². The molecule has 0 radical (unpaired) electrons. The van der Waals surface area contributed by atoms with E-state index in [4.69, 9.17) is 9.15 Å². The number of piperidine rings is 1. The van der Waals surface area contributed by atoms with Crippen molar-refractivity contribution in [1.29, 1.82) is 0 Å². The predicted octanol–water partition coefficient (Wildman–Crippen LogP) is 5.49. The summed E-state index contributed by atoms with van der Waals surface area (Å²) in [6, 6.07) is 10.2. The number of hydrogen-bond acceptors (Lipinski definition) is 5. The molecular formula is C27H31NO4. The van der Waals surface area contributed by atoms with Crippen molar-refractivity contribution < 1.29 is 18.7 Å². The third-order valence-corrected chi connectivity index (χ3v) is 7.27. The summed E-state index contributed by atoms with van der Waals surface area (Å²) in [5.41, 5.74) is 1.69. The summed E-state index contributed by atoms with van der Waals surface area (Å²) in [6.07, 6.45) is 7.69. The zero-order valence-electron chi connectivity index (χ0n) is 18.8. The Labute approximate surface area is 188 Å². The van der Waals surface area contributed by atoms with Crippen molar-refractivity contribution in [2.75, 3.05) is 26.7 Å². The number of benzene rings is 2. The summed E-state index contributed by atoms with van der Waals surface area (Å²) >= 11 is 0. The summed E-state index contributed by atoms with van der Waals surface area (Å²) in [5, 5.41) is 3.13. The molecule has 3 aromatic rings. The van der Waals surface area contributed by atoms with Crippen LogP contribution in [-0.4, -0.2) is 43.2 Å². The number of hydrogen-bond donors (Lipinski definition) is 0. The van der Waals surface area contributed by atoms with Crippen LogP contribution in [0.3, 0.4) is 0 Å². The third-order valence-electron chi connectivity index (χ3n) is 7.27. The zero-order chi connectivity index (χ0) is 22.1. The Morgan fingerprint density at radius 1 is 1.09 bits per heavy atom. The van der Waals surface area contributed by atoms with E-state index in [0.717, 1.165) is 52.0 Å². The largest absolute Gasteiger partial charge is 0.494 e. The number of fused-ring (bicyclic) bond motifs is 3. The lowest BCUT2D eigenvalue weighted by molar-refractivity contribution is -0.130. The van der Waals surface area contributed by atoms with Crippen LogP contribution in [0.1, 0.15) is 56.4 Å². The lowest BCUT2D eigenvalue weighted by Crippen LogP contribution is -2.30. The number of furan rings is 1. The fraction of sp³-hybridized carbons (Fsp3) is 0.481. The summed E-state index contributed by atoms with van der Waals surface area (Å²) in [7, 11) is 2.20. The molecule has 2 fully saturated rings. The van der Waals surface area contributed by atoms with Crippen molar-refractivity contribution in [3.05, 3.63) is 42.2 Å². The van der Waals surface area contributed by atoms with Crippen LogP contribution in [0.2, 0.25) is 0 Å². The molecule has 168 valence electrons. The number of ether oxygens (including phenoxy) is 1. The van der Waals surface area contributed by atoms with Crippen molar-refractivity contribution in [1.82, 2.24) is 4.90 Å². The first-order chi connectivity index (χ1) is 15.6. The molecule has 5 heteroatoms. The molecule has 1 aliphatic heterocycles. The highest BCUT2D eigenvalue weighted by atomic mass is 16.5. The van der Waals surface area contributed by atoms with Gasteiger partial charge >= 0.3 is 0 Å². The topological polar surface area (TPSA) is 59.8 Å². The highest BCUT2D eigenvalue weighted by molar-refractivity contribution is 6.11. The molecule has 1 saturated carbocycles. The lowest BCUT2D eigenvalue weighted by Gasteiger charge is -2.28. The van der Waals surface area contributed by atoms with Gasteiger partial charge in [0.1, 0.15) is 22.9 Å². The molecule has 5 rings (SSSR count). The van der Waals surface area contributed by atoms with Gasteiger partial charge in [-0.2, -0.15) is 0 Å². The van der Waals surface area contributed by atoms with Crippen molar-refractivity contribution in [2.24, 2.45) is 5.92 Å². The SMILES string of the molecule is CN1CCC(CCCOc2ccc3c(ccc4occ(C5CCC(=O)CC5=O)c43)c2)CC1. The Bertz CT molecular complexity index is 1140. The van der Waals surface area contributed by atoms with Crippen molar-refractivity contribution in [3.8, 4) is 5.75 Å². The highest BCUT2D eigenvalue weighted by Gasteiger charge is 2.31. The molecule has 1 unspecified atom stereocenters. The van der Waals surface area contributed by atoms with Gasteiger partial charge < -0.3 is 14.1 Å². The van der Waals surface area contributed by atoms with E-state index in [1.165, 1.54) is 32.4 Å². The maximum Gasteiger partial charge on any atom is 0.147 e. The van der Waals surface area contributed by atoms with Crippen LogP contribution < -0.4 is 4.74 Å². The van der Waals surface area contributed by atoms with Gasteiger partial charge in [-0.05, 0) is 93.2 Å². The second kappa shape index (κ2) is 9.07. The van der Waals surface area contributed by atoms with Gasteiger partial charge in [-0.15, -0.1) is 0 Å². The van der Waals surface area contributed by atoms with E-state index in [1.54, 1.807) is 6.26 Å². The Hall–Kier alpha value is -2.66. The van der Waals surface area contributed by atoms with Crippen molar-refractivity contribution in [2.45, 2.75) is 50.9 Å². The molecule has 1 atom stereocenters. The molecule has 1 aromatic heterocycles. The molecule has 0 spiro atoms. The number of carbonyl (C=O) groups excluding carboxylic acids is 2. The van der Waals surface area contributed by atoms with E-state index in [0.29, 0.717) is 12.8 Å². The van der Waals surface area contributed by atoms with Crippen molar-refractivity contribution >= 4 is 33.3 Å². The van der Waals surface area contributed by atoms with Gasteiger partial charge in [0, 0.05) is 23.3 Å². The fourth-order valence-electron chi connectivity index (χ4n) is 5.33. The molecule has 32 heavy (non-hydrogen) atoms. The molecule has 2 aliphatic rings. The van der Waals surface area contributed by atoms with Crippen LogP contribution in [0.5, 0.6) is 5.75 Å². The third kappa shape index (κ3) is 4.31. The maximum absolute atomic E-state index is 12.5. The van der Waals surface area contributed by atoms with E-state index in [9.17, 15) is 9.59 Å². The van der Waals surface area contributed by atoms with Gasteiger partial charge in [0.2, 0.25) is 0 Å². The molecule has 1 saturated heterocycles. The molecule has 0 bridgehead atoms. The van der Waals surface area contributed by atoms with E-state index in [1.807, 2.05) is 18.2 Å². The smallest absolute Gasteiger partial charge is 0.147 e. The van der Waals surface area contributed by atoms with E-state index < -0.39 is 0 Å². The Kier molecular flexibility index (Phi) is 6.01. The van der Waals surface area contributed by atoms with Gasteiger partial charge in [-0.1, -0.05) is 6.07 Å². The molecule has 1 aliphatic carbocycles. The number of likely N-dealkylation sites (tertiary alicyclic amines) is 1. The monoisotopic (exact) mass is 433 g/mol. The first-order valence-corrected chi connectivity index (χ1v) is 11.9. The standard InChI is InChI=1S/C27H31NO4/c1-28-12-10-18(11-13-28)3-2-14-31-21-6-8-22-19(15-21)4-9-26-27(22)24(17-32-26)23-7-5-20(29)16-25(23)30/h4,6,8-9,15,17-18,23H,2-3,5,7,10-14,16H2,1H3. The van der Waals surface area contributed by atoms with E-state index in [2.05, 4.69) is 24.1 Å². The summed E-state index contributed by atoms with van der Waals surface area (Å²) < 4.78 is 11.9. The first kappa shape index (κ1) is 21.2. The quantitative estimate of drug-likeness (QED) is 0.380. The summed E-state index contributed by atoms with van der Waals surface area (Å²) in [6.45, 7) is 3.16. The normalized spacial score (nSPS) is 21.0. The Morgan fingerprint density at radius 2 is 1.94 bits per heavy atom. The van der Waals surface area contributed by atoms with Crippen LogP contribution in [0.4, 0.5) is 0 Å². The predicted molar refractivity (Wildman–Crippen MR) is 125 cm³/mol. The number of ketones is 2. The molecule has 5 nitrogen and oxygen atoms in total. The molecule has 0 amide bonds. The lowest BCUT2D eigenvalue weighted by atomic mass is 9.81. The minimum atomic E-state index is -0.255. The summed E-state index contributed by atoms with van der Waals surface area (Å²) in [4.78, 5) is 26.6. The number of nitrogens with zero attached hydrogens (tertiary/aromatic N) is 1. The summed E-state index contributed by atoms with van der Waals surface area (Å²) in [5.74, 6) is 1.50. The van der Waals surface area contributed by atoms with Gasteiger partial charge in [-0.25, -0.2) is 0 Å². The number of carbonyl (C=O) groups is 2. The zero-order valence-corrected chi connectivity index (χ0v) is 18.8. The second-order valence-corrected chi connectivity index (χ2v) is 9.52. The minimum absolute atomic E-state index is 0.00511. The average Bonchev–Trinajstić information content (AvgIpc) is 3.22. The molecule has 0 N–H and O–H groups in total. The number of Topliss-reactive ketones (excluding diaryl/α,β-unsaturated/α-hetero) is 2. The van der Waals surface area contributed by atoms with Crippen LogP contribution >= 0.6 is 0 Å². The number of rotatable bonds is 6. The highest BCUT2D eigenvalue weighted by Crippen LogP contribution is 2.39. The van der Waals surface area contributed by atoms with E-state index in [-0.39, 0.29) is 23.9 Å². The Morgan fingerprint density at radius 3 is 2.75 bits per heavy atom. The van der Waals surface area contributed by atoms with E-state index >= 15 is 0 Å². The van der Waals surface area contributed by atoms with Crippen LogP contribution in [0.25, 0.3) is 21.7 Å². The fourth-order valence-corrected chi connectivity index (χ4v) is 5.33. The average molecular weight is 434 g/mol. The second-order valence-electron chi connectivity index (χ2n) is 9.52. The minimum Gasteiger partial charge on any atom is -0.494 e. The van der Waals surface area contributed by atoms with Crippen LogP contribution in [0.15, 0.2) is 41.0 Å². The van der Waals surface area contributed by atoms with Gasteiger partial charge in [-0.3, -0.25) is 9.59 Å². The van der Waals surface area contributed by atoms with Crippen molar-refractivity contribution in [3.63, 3.8) is 0 Å². The molecular weight excluding hydrogens is 402 g/mol. The maximum atomic E-state index is 12.5. The van der Waals surface area contributed by atoms with Crippen LogP contribution in [-0.2, 0) is 9.59 Å². The first-order valence-electron chi connectivity index (χ1n) is 11.9. The van der Waals surface area contributed by atoms with Gasteiger partial charge in [0.05, 0.1) is 19.3 Å². The van der Waals surface area contributed by atoms with Crippen LogP contribution in [0, 0.1) is 5.92 Å². The molecule has 2 aromatic carbocycles. The molecule has 2 heterocycles.